The minimum atomic E-state index is 0.211. The number of nitrogens with two attached hydrogens (primary N) is 1. The zero-order chi connectivity index (χ0) is 10.1. The molecule has 0 radical (unpaired) electrons. The summed E-state index contributed by atoms with van der Waals surface area (Å²) in [4.78, 5) is 0. The lowest BCUT2D eigenvalue weighted by Crippen LogP contribution is -2.35. The summed E-state index contributed by atoms with van der Waals surface area (Å²) in [7, 11) is 0. The molecule has 0 bridgehead atoms. The Labute approximate surface area is 85.1 Å². The molecule has 2 heteroatoms. The number of fused-ring (bicyclic) bond motifs is 1. The fourth-order valence-electron chi connectivity index (χ4n) is 1.93. The Morgan fingerprint density at radius 2 is 2.29 bits per heavy atom. The third-order valence-corrected chi connectivity index (χ3v) is 3.03. The third-order valence-electron chi connectivity index (χ3n) is 3.03. The first kappa shape index (κ1) is 9.53. The molecular weight excluding hydrogens is 174 g/mol. The van der Waals surface area contributed by atoms with E-state index in [0.717, 1.165) is 18.8 Å². The molecular formula is C12H17NO. The predicted molar refractivity (Wildman–Crippen MR) is 57.5 cm³/mol. The van der Waals surface area contributed by atoms with Gasteiger partial charge in [0.05, 0.1) is 6.61 Å². The van der Waals surface area contributed by atoms with Crippen LogP contribution < -0.4 is 10.5 Å². The van der Waals surface area contributed by atoms with E-state index in [1.807, 2.05) is 12.1 Å². The van der Waals surface area contributed by atoms with Crippen molar-refractivity contribution in [3.8, 4) is 5.75 Å². The lowest BCUT2D eigenvalue weighted by molar-refractivity contribution is 0.204. The molecule has 2 atom stereocenters. The summed E-state index contributed by atoms with van der Waals surface area (Å²) >= 11 is 0. The van der Waals surface area contributed by atoms with Crippen LogP contribution in [0.15, 0.2) is 18.2 Å². The zero-order valence-electron chi connectivity index (χ0n) is 8.79. The van der Waals surface area contributed by atoms with Crippen LogP contribution in [0.25, 0.3) is 0 Å². The molecule has 2 N–H and O–H groups in total. The van der Waals surface area contributed by atoms with Crippen molar-refractivity contribution in [3.05, 3.63) is 29.3 Å². The van der Waals surface area contributed by atoms with E-state index in [9.17, 15) is 0 Å². The molecule has 0 saturated carbocycles. The molecule has 0 aromatic heterocycles. The monoisotopic (exact) mass is 191 g/mol. The summed E-state index contributed by atoms with van der Waals surface area (Å²) in [5.74, 6) is 1.51. The van der Waals surface area contributed by atoms with Crippen LogP contribution >= 0.6 is 0 Å². The highest BCUT2D eigenvalue weighted by molar-refractivity contribution is 5.41. The van der Waals surface area contributed by atoms with E-state index in [1.54, 1.807) is 0 Å². The topological polar surface area (TPSA) is 35.2 Å². The summed E-state index contributed by atoms with van der Waals surface area (Å²) in [6, 6.07) is 6.43. The normalized spacial score (nSPS) is 22.4. The molecule has 1 aliphatic rings. The molecule has 0 spiro atoms. The average molecular weight is 191 g/mol. The van der Waals surface area contributed by atoms with Gasteiger partial charge >= 0.3 is 0 Å². The van der Waals surface area contributed by atoms with E-state index in [0.29, 0.717) is 5.92 Å². The minimum absolute atomic E-state index is 0.211. The van der Waals surface area contributed by atoms with Gasteiger partial charge < -0.3 is 10.5 Å². The van der Waals surface area contributed by atoms with Gasteiger partial charge in [-0.05, 0) is 37.5 Å². The van der Waals surface area contributed by atoms with Gasteiger partial charge in [0.1, 0.15) is 5.75 Å². The third kappa shape index (κ3) is 1.62. The molecule has 1 aliphatic heterocycles. The Kier molecular flexibility index (Phi) is 2.46. The average Bonchev–Trinajstić information content (AvgIpc) is 2.18. The molecule has 14 heavy (non-hydrogen) atoms. The van der Waals surface area contributed by atoms with Gasteiger partial charge in [0.15, 0.2) is 0 Å². The molecule has 1 aromatic carbocycles. The summed E-state index contributed by atoms with van der Waals surface area (Å²) < 4.78 is 5.70. The van der Waals surface area contributed by atoms with Crippen molar-refractivity contribution < 1.29 is 4.74 Å². The van der Waals surface area contributed by atoms with Gasteiger partial charge in [0.25, 0.3) is 0 Å². The lowest BCUT2D eigenvalue weighted by Gasteiger charge is -2.28. The maximum Gasteiger partial charge on any atom is 0.122 e. The second kappa shape index (κ2) is 3.62. The Balaban J connectivity index is 2.29. The molecule has 1 heterocycles. The molecule has 76 valence electrons. The van der Waals surface area contributed by atoms with Crippen molar-refractivity contribution in [3.63, 3.8) is 0 Å². The molecule has 1 aromatic rings. The number of ether oxygens (including phenoxy) is 1. The maximum atomic E-state index is 5.89. The number of hydrogen-bond acceptors (Lipinski definition) is 2. The highest BCUT2D eigenvalue weighted by Gasteiger charge is 2.23. The molecule has 0 aliphatic carbocycles. The summed E-state index contributed by atoms with van der Waals surface area (Å²) in [5.41, 5.74) is 8.54. The van der Waals surface area contributed by atoms with Crippen LogP contribution in [0.4, 0.5) is 0 Å². The summed E-state index contributed by atoms with van der Waals surface area (Å²) in [6.45, 7) is 4.94. The van der Waals surface area contributed by atoms with Crippen molar-refractivity contribution in [2.24, 2.45) is 11.7 Å². The quantitative estimate of drug-likeness (QED) is 0.735. The second-order valence-corrected chi connectivity index (χ2v) is 4.19. The Morgan fingerprint density at radius 1 is 1.50 bits per heavy atom. The van der Waals surface area contributed by atoms with Crippen LogP contribution in [0, 0.1) is 12.8 Å². The number of benzene rings is 1. The maximum absolute atomic E-state index is 5.89. The summed E-state index contributed by atoms with van der Waals surface area (Å²) in [5, 5.41) is 0. The van der Waals surface area contributed by atoms with Crippen molar-refractivity contribution >= 4 is 0 Å². The second-order valence-electron chi connectivity index (χ2n) is 4.19. The van der Waals surface area contributed by atoms with Gasteiger partial charge in [-0.2, -0.15) is 0 Å². The molecule has 2 rings (SSSR count). The first-order chi connectivity index (χ1) is 6.68. The highest BCUT2D eigenvalue weighted by Crippen LogP contribution is 2.30. The van der Waals surface area contributed by atoms with Gasteiger partial charge in [-0.25, -0.2) is 0 Å². The van der Waals surface area contributed by atoms with E-state index in [2.05, 4.69) is 19.9 Å². The van der Waals surface area contributed by atoms with Gasteiger partial charge in [0, 0.05) is 12.0 Å². The van der Waals surface area contributed by atoms with Crippen LogP contribution in [0.1, 0.15) is 18.1 Å². The highest BCUT2D eigenvalue weighted by atomic mass is 16.5. The minimum Gasteiger partial charge on any atom is -0.493 e. The molecule has 2 unspecified atom stereocenters. The van der Waals surface area contributed by atoms with Crippen molar-refractivity contribution in [1.82, 2.24) is 0 Å². The van der Waals surface area contributed by atoms with Crippen molar-refractivity contribution in [1.29, 1.82) is 0 Å². The van der Waals surface area contributed by atoms with Gasteiger partial charge in [-0.15, -0.1) is 0 Å². The van der Waals surface area contributed by atoms with Crippen LogP contribution in [-0.2, 0) is 6.42 Å². The zero-order valence-corrected chi connectivity index (χ0v) is 8.79. The van der Waals surface area contributed by atoms with Crippen LogP contribution in [-0.4, -0.2) is 12.6 Å². The number of hydrogen-bond donors (Lipinski definition) is 1. The predicted octanol–water partition coefficient (Wildman–Crippen LogP) is 1.89. The van der Waals surface area contributed by atoms with Crippen molar-refractivity contribution in [2.45, 2.75) is 26.3 Å². The van der Waals surface area contributed by atoms with E-state index >= 15 is 0 Å². The fraction of sp³-hybridized carbons (Fsp3) is 0.500. The summed E-state index contributed by atoms with van der Waals surface area (Å²) in [6.07, 6.45) is 1.06. The fourth-order valence-corrected chi connectivity index (χ4v) is 1.93. The van der Waals surface area contributed by atoms with E-state index in [1.165, 1.54) is 11.1 Å². The Hall–Kier alpha value is -1.02. The first-order valence-electron chi connectivity index (χ1n) is 5.15. The van der Waals surface area contributed by atoms with Crippen LogP contribution in [0.2, 0.25) is 0 Å². The SMILES string of the molecule is Cc1cccc2c1CC(C(C)N)CO2. The number of aryl methyl sites for hydroxylation is 1. The molecule has 0 saturated heterocycles. The largest absolute Gasteiger partial charge is 0.493 e. The van der Waals surface area contributed by atoms with E-state index in [-0.39, 0.29) is 6.04 Å². The van der Waals surface area contributed by atoms with Crippen molar-refractivity contribution in [2.75, 3.05) is 6.61 Å². The molecule has 2 nitrogen and oxygen atoms in total. The van der Waals surface area contributed by atoms with Gasteiger partial charge in [-0.1, -0.05) is 12.1 Å². The van der Waals surface area contributed by atoms with E-state index in [4.69, 9.17) is 10.5 Å². The van der Waals surface area contributed by atoms with E-state index < -0.39 is 0 Å². The Morgan fingerprint density at radius 3 is 3.00 bits per heavy atom. The van der Waals surface area contributed by atoms with Crippen LogP contribution in [0.5, 0.6) is 5.75 Å². The first-order valence-corrected chi connectivity index (χ1v) is 5.15. The standard InChI is InChI=1S/C12H17NO/c1-8-4-3-5-12-11(8)6-10(7-14-12)9(2)13/h3-5,9-10H,6-7,13H2,1-2H3. The number of rotatable bonds is 1. The molecule has 0 amide bonds. The van der Waals surface area contributed by atoms with Gasteiger partial charge in [0.2, 0.25) is 0 Å². The smallest absolute Gasteiger partial charge is 0.122 e. The van der Waals surface area contributed by atoms with Crippen LogP contribution in [0.3, 0.4) is 0 Å². The lowest BCUT2D eigenvalue weighted by atomic mass is 9.89. The Bertz CT molecular complexity index is 333. The molecule has 0 fully saturated rings. The van der Waals surface area contributed by atoms with Gasteiger partial charge in [-0.3, -0.25) is 0 Å².